The van der Waals surface area contributed by atoms with E-state index in [-0.39, 0.29) is 5.56 Å². The third-order valence-electron chi connectivity index (χ3n) is 6.33. The number of hydrogen-bond acceptors (Lipinski definition) is 8. The number of halogens is 6. The Morgan fingerprint density at radius 2 is 1.60 bits per heavy atom. The molecular weight excluding hydrogens is 603 g/mol. The topological polar surface area (TPSA) is 175 Å². The third-order valence-corrected chi connectivity index (χ3v) is 6.58. The number of aliphatic carboxylic acids is 1. The molecule has 42 heavy (non-hydrogen) atoms. The Hall–Kier alpha value is -3.41. The second-order valence-electron chi connectivity index (χ2n) is 9.25. The van der Waals surface area contributed by atoms with Crippen molar-refractivity contribution in [1.29, 1.82) is 0 Å². The summed E-state index contributed by atoms with van der Waals surface area (Å²) in [5, 5.41) is 46.8. The zero-order valence-electron chi connectivity index (χ0n) is 21.4. The summed E-state index contributed by atoms with van der Waals surface area (Å²) >= 11 is 5.76. The van der Waals surface area contributed by atoms with E-state index in [0.29, 0.717) is 5.02 Å². The van der Waals surface area contributed by atoms with Crippen LogP contribution in [0.2, 0.25) is 5.02 Å². The lowest BCUT2D eigenvalue weighted by atomic mass is 9.88. The molecule has 2 amide bonds. The minimum Gasteiger partial charge on any atom is -0.477 e. The molecule has 0 bridgehead atoms. The molecule has 1 saturated heterocycles. The fraction of sp³-hybridized carbons (Fsp3) is 0.400. The number of carbonyl (C=O) groups is 3. The number of nitrogens with one attached hydrogen (secondary N) is 2. The Labute approximate surface area is 238 Å². The largest absolute Gasteiger partial charge is 0.477 e. The maximum Gasteiger partial charge on any atom is 0.364 e. The fourth-order valence-electron chi connectivity index (χ4n) is 4.16. The smallest absolute Gasteiger partial charge is 0.364 e. The van der Waals surface area contributed by atoms with Crippen LogP contribution in [0.3, 0.4) is 0 Å². The number of hydrogen-bond donors (Lipinski definition) is 6. The minimum atomic E-state index is -3.09. The van der Waals surface area contributed by atoms with Crippen LogP contribution >= 0.6 is 11.6 Å². The van der Waals surface area contributed by atoms with E-state index < -0.39 is 108 Å². The molecule has 2 aromatic rings. The molecule has 1 aliphatic heterocycles. The molecule has 0 unspecified atom stereocenters. The van der Waals surface area contributed by atoms with Crippen molar-refractivity contribution in [1.82, 2.24) is 10.6 Å². The highest BCUT2D eigenvalue weighted by atomic mass is 35.5. The van der Waals surface area contributed by atoms with Crippen LogP contribution in [0.4, 0.5) is 22.0 Å². The van der Waals surface area contributed by atoms with Crippen molar-refractivity contribution >= 4 is 29.4 Å². The molecule has 0 spiro atoms. The molecule has 0 aliphatic carbocycles. The molecule has 1 aliphatic rings. The molecule has 2 aromatic carbocycles. The van der Waals surface area contributed by atoms with Gasteiger partial charge in [-0.2, -0.15) is 0 Å². The first-order chi connectivity index (χ1) is 19.6. The van der Waals surface area contributed by atoms with E-state index in [1.807, 2.05) is 0 Å². The number of amides is 2. The first-order valence-electron chi connectivity index (χ1n) is 12.0. The Morgan fingerprint density at radius 3 is 2.12 bits per heavy atom. The van der Waals surface area contributed by atoms with Gasteiger partial charge in [0.2, 0.25) is 11.7 Å². The van der Waals surface area contributed by atoms with Crippen LogP contribution in [-0.4, -0.2) is 81.0 Å². The number of carboxylic acids is 1. The van der Waals surface area contributed by atoms with Crippen LogP contribution in [-0.2, 0) is 25.7 Å². The van der Waals surface area contributed by atoms with Crippen LogP contribution < -0.4 is 10.6 Å². The van der Waals surface area contributed by atoms with Crippen LogP contribution in [0.25, 0.3) is 0 Å². The lowest BCUT2D eigenvalue weighted by Crippen LogP contribution is -2.68. The molecule has 6 N–H and O–H groups in total. The lowest BCUT2D eigenvalue weighted by molar-refractivity contribution is -0.314. The number of carbonyl (C=O) groups excluding carboxylic acids is 2. The van der Waals surface area contributed by atoms with Crippen molar-refractivity contribution in [2.75, 3.05) is 6.54 Å². The first-order valence-corrected chi connectivity index (χ1v) is 12.4. The summed E-state index contributed by atoms with van der Waals surface area (Å²) in [7, 11) is 0. The standard InChI is InChI=1S/C25H24ClF5N2O9/c1-9(34)33-20-13(35)6-25(24(39)40,41-8-12-15(27)17(29)19(31)18(30)16(12)28)42-22(20)21(37)14(36)7-32-23(38)10-2-4-11(26)5-3-10/h2-5,13-14,20-22,35-37H,6-8H2,1H3,(H,32,38)(H,33,34)(H,39,40)/t13-,14+,20+,21-,22+,25+/m0/s1. The van der Waals surface area contributed by atoms with Gasteiger partial charge in [-0.1, -0.05) is 11.6 Å². The van der Waals surface area contributed by atoms with Crippen molar-refractivity contribution in [2.24, 2.45) is 0 Å². The van der Waals surface area contributed by atoms with Gasteiger partial charge in [0, 0.05) is 30.5 Å². The van der Waals surface area contributed by atoms with Crippen molar-refractivity contribution in [3.05, 3.63) is 69.5 Å². The van der Waals surface area contributed by atoms with Gasteiger partial charge in [0.1, 0.15) is 12.2 Å². The third kappa shape index (κ3) is 6.96. The molecular formula is C25H24ClF5N2O9. The van der Waals surface area contributed by atoms with Gasteiger partial charge < -0.3 is 40.5 Å². The zero-order valence-corrected chi connectivity index (χ0v) is 22.2. The molecule has 6 atom stereocenters. The van der Waals surface area contributed by atoms with Crippen LogP contribution in [0.15, 0.2) is 24.3 Å². The van der Waals surface area contributed by atoms with E-state index in [1.165, 1.54) is 24.3 Å². The molecule has 11 nitrogen and oxygen atoms in total. The van der Waals surface area contributed by atoms with Crippen LogP contribution in [0.5, 0.6) is 0 Å². The van der Waals surface area contributed by atoms with Crippen molar-refractivity contribution in [2.45, 2.75) is 56.2 Å². The Balaban J connectivity index is 1.86. The second kappa shape index (κ2) is 13.3. The van der Waals surface area contributed by atoms with Crippen molar-refractivity contribution < 1.29 is 66.2 Å². The zero-order chi connectivity index (χ0) is 31.5. The summed E-state index contributed by atoms with van der Waals surface area (Å²) in [5.74, 6) is -18.4. The molecule has 0 radical (unpaired) electrons. The van der Waals surface area contributed by atoms with Gasteiger partial charge in [-0.25, -0.2) is 26.7 Å². The summed E-state index contributed by atoms with van der Waals surface area (Å²) in [5.41, 5.74) is -1.44. The van der Waals surface area contributed by atoms with E-state index in [2.05, 4.69) is 10.6 Å². The number of aliphatic hydroxyl groups is 3. The van der Waals surface area contributed by atoms with E-state index in [4.69, 9.17) is 21.1 Å². The van der Waals surface area contributed by atoms with Crippen LogP contribution in [0, 0.1) is 29.1 Å². The number of benzene rings is 2. The van der Waals surface area contributed by atoms with Gasteiger partial charge in [-0.15, -0.1) is 0 Å². The summed E-state index contributed by atoms with van der Waals surface area (Å²) < 4.78 is 79.3. The average molecular weight is 627 g/mol. The van der Waals surface area contributed by atoms with Gasteiger partial charge in [-0.05, 0) is 24.3 Å². The van der Waals surface area contributed by atoms with E-state index >= 15 is 0 Å². The van der Waals surface area contributed by atoms with E-state index in [0.717, 1.165) is 6.92 Å². The Bertz CT molecular complexity index is 1320. The quantitative estimate of drug-likeness (QED) is 0.128. The van der Waals surface area contributed by atoms with Gasteiger partial charge in [0.05, 0.1) is 30.4 Å². The molecule has 3 rings (SSSR count). The highest BCUT2D eigenvalue weighted by Gasteiger charge is 2.56. The highest BCUT2D eigenvalue weighted by molar-refractivity contribution is 6.30. The summed E-state index contributed by atoms with van der Waals surface area (Å²) in [6, 6.07) is 3.93. The van der Waals surface area contributed by atoms with Gasteiger partial charge >= 0.3 is 5.97 Å². The summed E-state index contributed by atoms with van der Waals surface area (Å²) in [4.78, 5) is 36.3. The Morgan fingerprint density at radius 1 is 1.05 bits per heavy atom. The normalized spacial score (nSPS) is 23.6. The Kier molecular flexibility index (Phi) is 10.5. The minimum absolute atomic E-state index is 0.118. The van der Waals surface area contributed by atoms with E-state index in [9.17, 15) is 56.8 Å². The van der Waals surface area contributed by atoms with Crippen LogP contribution in [0.1, 0.15) is 29.3 Å². The number of rotatable bonds is 10. The SMILES string of the molecule is CC(=O)N[C@H]1[C@H]([C@@H](O)[C@H](O)CNC(=O)c2ccc(Cl)cc2)O[C@@](OCc2c(F)c(F)c(F)c(F)c2F)(C(=O)O)C[C@@H]1O. The monoisotopic (exact) mass is 626 g/mol. The molecule has 0 saturated carbocycles. The number of carboxylic acid groups (broad SMARTS) is 1. The van der Waals surface area contributed by atoms with Crippen molar-refractivity contribution in [3.8, 4) is 0 Å². The molecule has 17 heteroatoms. The summed E-state index contributed by atoms with van der Waals surface area (Å²) in [6.07, 6.45) is -9.12. The maximum atomic E-state index is 14.2. The lowest BCUT2D eigenvalue weighted by Gasteiger charge is -2.46. The number of ether oxygens (including phenoxy) is 2. The molecule has 1 heterocycles. The van der Waals surface area contributed by atoms with Gasteiger partial charge in [0.15, 0.2) is 23.3 Å². The predicted molar refractivity (Wildman–Crippen MR) is 130 cm³/mol. The fourth-order valence-corrected chi connectivity index (χ4v) is 4.28. The average Bonchev–Trinajstić information content (AvgIpc) is 2.94. The predicted octanol–water partition coefficient (Wildman–Crippen LogP) is 1.14. The van der Waals surface area contributed by atoms with E-state index in [1.54, 1.807) is 0 Å². The number of aliphatic hydroxyl groups excluding tert-OH is 3. The second-order valence-corrected chi connectivity index (χ2v) is 9.69. The van der Waals surface area contributed by atoms with Crippen molar-refractivity contribution in [3.63, 3.8) is 0 Å². The molecule has 230 valence electrons. The first kappa shape index (κ1) is 33.1. The van der Waals surface area contributed by atoms with Gasteiger partial charge in [-0.3, -0.25) is 9.59 Å². The van der Waals surface area contributed by atoms with Gasteiger partial charge in [0.25, 0.3) is 11.7 Å². The maximum absolute atomic E-state index is 14.2. The highest BCUT2D eigenvalue weighted by Crippen LogP contribution is 2.35. The molecule has 0 aromatic heterocycles. The summed E-state index contributed by atoms with van der Waals surface area (Å²) in [6.45, 7) is -1.24. The molecule has 1 fully saturated rings.